The lowest BCUT2D eigenvalue weighted by Gasteiger charge is -2.48. The molecule has 98 valence electrons. The Morgan fingerprint density at radius 3 is 2.06 bits per heavy atom. The number of aliphatic hydroxyl groups is 2. The van der Waals surface area contributed by atoms with Gasteiger partial charge in [0.2, 0.25) is 0 Å². The lowest BCUT2D eigenvalue weighted by molar-refractivity contribution is -0.108. The highest BCUT2D eigenvalue weighted by molar-refractivity contribution is 4.97. The van der Waals surface area contributed by atoms with Crippen LogP contribution in [-0.2, 0) is 4.74 Å². The van der Waals surface area contributed by atoms with E-state index in [2.05, 4.69) is 18.7 Å². The molecule has 0 fully saturated rings. The fraction of sp³-hybridized carbons (Fsp3) is 1.00. The van der Waals surface area contributed by atoms with E-state index in [0.29, 0.717) is 13.1 Å². The Hall–Kier alpha value is -0.160. The van der Waals surface area contributed by atoms with Crippen LogP contribution in [0.1, 0.15) is 34.6 Å². The Labute approximate surface area is 99.2 Å². The van der Waals surface area contributed by atoms with E-state index in [4.69, 9.17) is 9.84 Å². The molecular weight excluding hydrogens is 206 g/mol. The van der Waals surface area contributed by atoms with Crippen molar-refractivity contribution in [3.05, 3.63) is 0 Å². The molecule has 0 amide bonds. The van der Waals surface area contributed by atoms with E-state index in [0.717, 1.165) is 0 Å². The van der Waals surface area contributed by atoms with Crippen molar-refractivity contribution in [2.24, 2.45) is 0 Å². The van der Waals surface area contributed by atoms with Crippen molar-refractivity contribution in [1.82, 2.24) is 4.90 Å². The van der Waals surface area contributed by atoms with Gasteiger partial charge in [-0.2, -0.15) is 0 Å². The fourth-order valence-electron chi connectivity index (χ4n) is 1.67. The lowest BCUT2D eigenvalue weighted by atomic mass is 9.83. The molecule has 0 aromatic heterocycles. The average molecular weight is 233 g/mol. The Balaban J connectivity index is 4.87. The second-order valence-electron chi connectivity index (χ2n) is 5.29. The fourth-order valence-corrected chi connectivity index (χ4v) is 1.67. The average Bonchev–Trinajstić information content (AvgIpc) is 2.16. The minimum atomic E-state index is -0.418. The maximum atomic E-state index is 9.49. The van der Waals surface area contributed by atoms with E-state index >= 15 is 0 Å². The van der Waals surface area contributed by atoms with Gasteiger partial charge in [-0.25, -0.2) is 0 Å². The van der Waals surface area contributed by atoms with E-state index in [9.17, 15) is 5.11 Å². The largest absolute Gasteiger partial charge is 0.395 e. The molecule has 0 saturated heterocycles. The quantitative estimate of drug-likeness (QED) is 0.685. The molecule has 16 heavy (non-hydrogen) atoms. The number of rotatable bonds is 7. The highest BCUT2D eigenvalue weighted by Gasteiger charge is 2.41. The molecule has 1 atom stereocenters. The van der Waals surface area contributed by atoms with Crippen LogP contribution in [0.15, 0.2) is 0 Å². The summed E-state index contributed by atoms with van der Waals surface area (Å²) in [4.78, 5) is 2.06. The summed E-state index contributed by atoms with van der Waals surface area (Å²) in [5.41, 5.74) is -0.613. The molecule has 4 nitrogen and oxygen atoms in total. The molecule has 0 spiro atoms. The summed E-state index contributed by atoms with van der Waals surface area (Å²) < 4.78 is 5.51. The SMILES string of the molecule is COC(C)(C)C(C)(C)N(CCO)CC(C)O. The minimum Gasteiger partial charge on any atom is -0.395 e. The summed E-state index contributed by atoms with van der Waals surface area (Å²) in [7, 11) is 1.68. The first kappa shape index (κ1) is 15.8. The van der Waals surface area contributed by atoms with Crippen LogP contribution in [0.25, 0.3) is 0 Å². The molecule has 0 saturated carbocycles. The maximum Gasteiger partial charge on any atom is 0.0800 e. The Morgan fingerprint density at radius 1 is 1.25 bits per heavy atom. The van der Waals surface area contributed by atoms with Gasteiger partial charge >= 0.3 is 0 Å². The molecular formula is C12H27NO3. The predicted octanol–water partition coefficient (Wildman–Crippen LogP) is 0.865. The minimum absolute atomic E-state index is 0.0793. The van der Waals surface area contributed by atoms with Crippen molar-refractivity contribution in [1.29, 1.82) is 0 Å². The van der Waals surface area contributed by atoms with Gasteiger partial charge in [-0.05, 0) is 34.6 Å². The van der Waals surface area contributed by atoms with Crippen molar-refractivity contribution in [3.63, 3.8) is 0 Å². The van der Waals surface area contributed by atoms with Crippen molar-refractivity contribution < 1.29 is 14.9 Å². The van der Waals surface area contributed by atoms with Gasteiger partial charge in [-0.15, -0.1) is 0 Å². The standard InChI is InChI=1S/C12H27NO3/c1-10(15)9-13(7-8-14)11(2,3)12(4,5)16-6/h10,14-15H,7-9H2,1-6H3. The number of hydrogen-bond donors (Lipinski definition) is 2. The number of nitrogens with zero attached hydrogens (tertiary/aromatic N) is 1. The number of hydrogen-bond acceptors (Lipinski definition) is 4. The predicted molar refractivity (Wildman–Crippen MR) is 65.5 cm³/mol. The molecule has 0 heterocycles. The summed E-state index contributed by atoms with van der Waals surface area (Å²) in [6.45, 7) is 11.0. The molecule has 0 bridgehead atoms. The summed E-state index contributed by atoms with van der Waals surface area (Å²) in [6.07, 6.45) is -0.418. The zero-order chi connectivity index (χ0) is 13.0. The molecule has 1 unspecified atom stereocenters. The number of methoxy groups -OCH3 is 1. The van der Waals surface area contributed by atoms with Gasteiger partial charge in [0, 0.05) is 25.7 Å². The third-order valence-electron chi connectivity index (χ3n) is 3.63. The first-order chi connectivity index (χ1) is 7.19. The second kappa shape index (κ2) is 5.96. The van der Waals surface area contributed by atoms with E-state index in [-0.39, 0.29) is 17.7 Å². The third-order valence-corrected chi connectivity index (χ3v) is 3.63. The molecule has 0 aromatic carbocycles. The Bertz CT molecular complexity index is 202. The smallest absolute Gasteiger partial charge is 0.0800 e. The normalized spacial score (nSPS) is 15.6. The van der Waals surface area contributed by atoms with Crippen LogP contribution in [-0.4, -0.2) is 59.2 Å². The molecule has 2 N–H and O–H groups in total. The number of aliphatic hydroxyl groups excluding tert-OH is 2. The van der Waals surface area contributed by atoms with Crippen LogP contribution in [0.5, 0.6) is 0 Å². The molecule has 0 radical (unpaired) electrons. The Morgan fingerprint density at radius 2 is 1.75 bits per heavy atom. The maximum absolute atomic E-state index is 9.49. The number of β-amino-alcohol motifs (C(OH)–C–C–N with tert-alkyl or cyclic N) is 2. The summed E-state index contributed by atoms with van der Waals surface area (Å²) in [5.74, 6) is 0. The van der Waals surface area contributed by atoms with E-state index < -0.39 is 6.10 Å². The monoisotopic (exact) mass is 233 g/mol. The van der Waals surface area contributed by atoms with E-state index in [1.54, 1.807) is 14.0 Å². The van der Waals surface area contributed by atoms with Crippen LogP contribution < -0.4 is 0 Å². The first-order valence-electron chi connectivity index (χ1n) is 5.78. The van der Waals surface area contributed by atoms with Crippen molar-refractivity contribution in [3.8, 4) is 0 Å². The van der Waals surface area contributed by atoms with Gasteiger partial charge in [0.15, 0.2) is 0 Å². The van der Waals surface area contributed by atoms with Crippen LogP contribution >= 0.6 is 0 Å². The van der Waals surface area contributed by atoms with Gasteiger partial charge in [0.25, 0.3) is 0 Å². The summed E-state index contributed by atoms with van der Waals surface area (Å²) in [6, 6.07) is 0. The summed E-state index contributed by atoms with van der Waals surface area (Å²) >= 11 is 0. The second-order valence-corrected chi connectivity index (χ2v) is 5.29. The van der Waals surface area contributed by atoms with Gasteiger partial charge in [-0.3, -0.25) is 4.90 Å². The van der Waals surface area contributed by atoms with E-state index in [1.165, 1.54) is 0 Å². The van der Waals surface area contributed by atoms with Gasteiger partial charge in [0.05, 0.1) is 18.3 Å². The third kappa shape index (κ3) is 3.70. The summed E-state index contributed by atoms with van der Waals surface area (Å²) in [5, 5.41) is 18.6. The number of ether oxygens (including phenoxy) is 1. The molecule has 0 aliphatic carbocycles. The molecule has 0 aliphatic heterocycles. The van der Waals surface area contributed by atoms with Gasteiger partial charge in [0.1, 0.15) is 0 Å². The Kier molecular flexibility index (Phi) is 5.90. The van der Waals surface area contributed by atoms with Crippen molar-refractivity contribution in [2.75, 3.05) is 26.8 Å². The zero-order valence-corrected chi connectivity index (χ0v) is 11.4. The van der Waals surface area contributed by atoms with Gasteiger partial charge < -0.3 is 14.9 Å². The first-order valence-corrected chi connectivity index (χ1v) is 5.78. The van der Waals surface area contributed by atoms with E-state index in [1.807, 2.05) is 13.8 Å². The molecule has 4 heteroatoms. The van der Waals surface area contributed by atoms with Crippen LogP contribution in [0.2, 0.25) is 0 Å². The highest BCUT2D eigenvalue weighted by atomic mass is 16.5. The highest BCUT2D eigenvalue weighted by Crippen LogP contribution is 2.30. The van der Waals surface area contributed by atoms with Crippen LogP contribution in [0.3, 0.4) is 0 Å². The van der Waals surface area contributed by atoms with Gasteiger partial charge in [-0.1, -0.05) is 0 Å². The van der Waals surface area contributed by atoms with Crippen LogP contribution in [0.4, 0.5) is 0 Å². The zero-order valence-electron chi connectivity index (χ0n) is 11.4. The topological polar surface area (TPSA) is 52.9 Å². The molecule has 0 rings (SSSR count). The van der Waals surface area contributed by atoms with Crippen molar-refractivity contribution >= 4 is 0 Å². The van der Waals surface area contributed by atoms with Crippen molar-refractivity contribution in [2.45, 2.75) is 51.9 Å². The molecule has 0 aromatic rings. The van der Waals surface area contributed by atoms with Crippen LogP contribution in [0, 0.1) is 0 Å². The molecule has 0 aliphatic rings. The lowest BCUT2D eigenvalue weighted by Crippen LogP contribution is -2.60.